The highest BCUT2D eigenvalue weighted by molar-refractivity contribution is 5.47. The van der Waals surface area contributed by atoms with E-state index in [0.717, 1.165) is 48.9 Å². The molecule has 4 rings (SSSR count). The Balaban J connectivity index is 1.61. The van der Waals surface area contributed by atoms with E-state index in [-0.39, 0.29) is 0 Å². The number of hydrogen-bond acceptors (Lipinski definition) is 6. The molecule has 0 spiro atoms. The zero-order valence-electron chi connectivity index (χ0n) is 15.7. The molecule has 1 saturated heterocycles. The van der Waals surface area contributed by atoms with Crippen molar-refractivity contribution < 1.29 is 4.74 Å². The minimum atomic E-state index is 0.317. The van der Waals surface area contributed by atoms with Crippen molar-refractivity contribution in [2.75, 3.05) is 20.1 Å². The summed E-state index contributed by atoms with van der Waals surface area (Å²) in [6, 6.07) is 10.0. The van der Waals surface area contributed by atoms with Crippen molar-refractivity contribution in [3.8, 4) is 17.3 Å². The molecular weight excluding hydrogens is 340 g/mol. The molecule has 7 heteroatoms. The standard InChI is InChI=1S/C20H24N6O/c1-15-12-22-18(13-21-15)20-23-19(14-27-17-6-4-3-5-7-17)24-26(20)16-8-10-25(2)11-9-16/h3-7,12-13,16H,8-11,14H2,1-2H3. The number of benzene rings is 1. The van der Waals surface area contributed by atoms with Gasteiger partial charge in [0.2, 0.25) is 0 Å². The predicted molar refractivity (Wildman–Crippen MR) is 102 cm³/mol. The van der Waals surface area contributed by atoms with Crippen LogP contribution < -0.4 is 4.74 Å². The van der Waals surface area contributed by atoms with Gasteiger partial charge in [-0.3, -0.25) is 4.98 Å². The molecule has 0 amide bonds. The van der Waals surface area contributed by atoms with Gasteiger partial charge < -0.3 is 9.64 Å². The Kier molecular flexibility index (Phi) is 5.11. The zero-order chi connectivity index (χ0) is 18.6. The lowest BCUT2D eigenvalue weighted by molar-refractivity contribution is 0.211. The Hall–Kier alpha value is -2.80. The lowest BCUT2D eigenvalue weighted by Gasteiger charge is -2.29. The van der Waals surface area contributed by atoms with E-state index < -0.39 is 0 Å². The Morgan fingerprint density at radius 3 is 2.56 bits per heavy atom. The van der Waals surface area contributed by atoms with E-state index in [1.807, 2.05) is 41.9 Å². The summed E-state index contributed by atoms with van der Waals surface area (Å²) in [5, 5.41) is 4.77. The lowest BCUT2D eigenvalue weighted by atomic mass is 10.1. The Labute approximate surface area is 159 Å². The molecule has 3 aromatic rings. The van der Waals surface area contributed by atoms with Crippen LogP contribution in [0.4, 0.5) is 0 Å². The molecule has 140 valence electrons. The summed E-state index contributed by atoms with van der Waals surface area (Å²) in [6.07, 6.45) is 5.63. The molecule has 1 aliphatic rings. The monoisotopic (exact) mass is 364 g/mol. The quantitative estimate of drug-likeness (QED) is 0.693. The third kappa shape index (κ3) is 4.14. The molecule has 0 radical (unpaired) electrons. The number of para-hydroxylation sites is 1. The van der Waals surface area contributed by atoms with E-state index in [2.05, 4.69) is 21.9 Å². The first-order valence-electron chi connectivity index (χ1n) is 9.30. The zero-order valence-corrected chi connectivity index (χ0v) is 15.7. The summed E-state index contributed by atoms with van der Waals surface area (Å²) < 4.78 is 7.86. The van der Waals surface area contributed by atoms with E-state index in [1.165, 1.54) is 0 Å². The van der Waals surface area contributed by atoms with Gasteiger partial charge in [-0.1, -0.05) is 18.2 Å². The molecule has 0 aliphatic carbocycles. The van der Waals surface area contributed by atoms with E-state index in [1.54, 1.807) is 12.4 Å². The van der Waals surface area contributed by atoms with Crippen LogP contribution >= 0.6 is 0 Å². The molecule has 27 heavy (non-hydrogen) atoms. The van der Waals surface area contributed by atoms with Crippen molar-refractivity contribution in [3.63, 3.8) is 0 Å². The van der Waals surface area contributed by atoms with Gasteiger partial charge in [-0.05, 0) is 52.0 Å². The van der Waals surface area contributed by atoms with E-state index >= 15 is 0 Å². The second-order valence-electron chi connectivity index (χ2n) is 6.98. The minimum absolute atomic E-state index is 0.317. The molecular formula is C20H24N6O. The topological polar surface area (TPSA) is 69.0 Å². The van der Waals surface area contributed by atoms with E-state index in [4.69, 9.17) is 14.8 Å². The summed E-state index contributed by atoms with van der Waals surface area (Å²) >= 11 is 0. The van der Waals surface area contributed by atoms with Crippen LogP contribution in [0.5, 0.6) is 5.75 Å². The van der Waals surface area contributed by atoms with Crippen LogP contribution in [-0.2, 0) is 6.61 Å². The highest BCUT2D eigenvalue weighted by Crippen LogP contribution is 2.26. The van der Waals surface area contributed by atoms with Crippen LogP contribution in [-0.4, -0.2) is 49.8 Å². The largest absolute Gasteiger partial charge is 0.486 e. The highest BCUT2D eigenvalue weighted by atomic mass is 16.5. The normalized spacial score (nSPS) is 15.8. The summed E-state index contributed by atoms with van der Waals surface area (Å²) in [4.78, 5) is 16.0. The number of aromatic nitrogens is 5. The third-order valence-corrected chi connectivity index (χ3v) is 4.83. The van der Waals surface area contributed by atoms with Gasteiger partial charge in [0, 0.05) is 6.20 Å². The number of nitrogens with zero attached hydrogens (tertiary/aromatic N) is 6. The summed E-state index contributed by atoms with van der Waals surface area (Å²) in [5.74, 6) is 2.24. The van der Waals surface area contributed by atoms with Gasteiger partial charge in [0.1, 0.15) is 18.1 Å². The SMILES string of the molecule is Cc1cnc(-c2nc(COc3ccccc3)nn2C2CCN(C)CC2)cn1. The molecule has 0 N–H and O–H groups in total. The second kappa shape index (κ2) is 7.84. The van der Waals surface area contributed by atoms with Gasteiger partial charge >= 0.3 is 0 Å². The summed E-state index contributed by atoms with van der Waals surface area (Å²) in [7, 11) is 2.16. The first kappa shape index (κ1) is 17.6. The second-order valence-corrected chi connectivity index (χ2v) is 6.98. The smallest absolute Gasteiger partial charge is 0.188 e. The fraction of sp³-hybridized carbons (Fsp3) is 0.400. The maximum absolute atomic E-state index is 5.84. The van der Waals surface area contributed by atoms with Gasteiger partial charge in [0.25, 0.3) is 0 Å². The number of piperidine rings is 1. The Bertz CT molecular complexity index is 869. The van der Waals surface area contributed by atoms with Gasteiger partial charge in [-0.25, -0.2) is 14.6 Å². The van der Waals surface area contributed by atoms with Crippen LogP contribution in [0.3, 0.4) is 0 Å². The van der Waals surface area contributed by atoms with Crippen molar-refractivity contribution in [2.45, 2.75) is 32.4 Å². The minimum Gasteiger partial charge on any atom is -0.486 e. The van der Waals surface area contributed by atoms with Crippen molar-refractivity contribution in [1.29, 1.82) is 0 Å². The molecule has 2 aromatic heterocycles. The van der Waals surface area contributed by atoms with Gasteiger partial charge in [-0.15, -0.1) is 0 Å². The van der Waals surface area contributed by atoms with Crippen molar-refractivity contribution >= 4 is 0 Å². The third-order valence-electron chi connectivity index (χ3n) is 4.83. The average molecular weight is 364 g/mol. The first-order valence-corrected chi connectivity index (χ1v) is 9.30. The van der Waals surface area contributed by atoms with E-state index in [0.29, 0.717) is 18.5 Å². The molecule has 1 aliphatic heterocycles. The average Bonchev–Trinajstić information content (AvgIpc) is 3.13. The molecule has 0 bridgehead atoms. The van der Waals surface area contributed by atoms with Crippen LogP contribution in [0.25, 0.3) is 11.5 Å². The fourth-order valence-electron chi connectivity index (χ4n) is 3.27. The maximum Gasteiger partial charge on any atom is 0.188 e. The van der Waals surface area contributed by atoms with Crippen LogP contribution in [0.2, 0.25) is 0 Å². The maximum atomic E-state index is 5.84. The van der Waals surface area contributed by atoms with Crippen LogP contribution in [0, 0.1) is 6.92 Å². The fourth-order valence-corrected chi connectivity index (χ4v) is 3.27. The van der Waals surface area contributed by atoms with Crippen molar-refractivity contribution in [2.24, 2.45) is 0 Å². The van der Waals surface area contributed by atoms with Crippen molar-refractivity contribution in [3.05, 3.63) is 54.2 Å². The van der Waals surface area contributed by atoms with E-state index in [9.17, 15) is 0 Å². The van der Waals surface area contributed by atoms with Crippen molar-refractivity contribution in [1.82, 2.24) is 29.6 Å². The molecule has 0 unspecified atom stereocenters. The van der Waals surface area contributed by atoms with Gasteiger partial charge in [-0.2, -0.15) is 5.10 Å². The first-order chi connectivity index (χ1) is 13.2. The lowest BCUT2D eigenvalue weighted by Crippen LogP contribution is -2.32. The highest BCUT2D eigenvalue weighted by Gasteiger charge is 2.24. The molecule has 0 atom stereocenters. The van der Waals surface area contributed by atoms with Gasteiger partial charge in [0.15, 0.2) is 11.6 Å². The van der Waals surface area contributed by atoms with Crippen LogP contribution in [0.1, 0.15) is 30.4 Å². The molecule has 1 fully saturated rings. The molecule has 1 aromatic carbocycles. The number of hydrogen-bond donors (Lipinski definition) is 0. The Morgan fingerprint density at radius 2 is 1.85 bits per heavy atom. The number of likely N-dealkylation sites (tertiary alicyclic amines) is 1. The molecule has 0 saturated carbocycles. The Morgan fingerprint density at radius 1 is 1.07 bits per heavy atom. The van der Waals surface area contributed by atoms with Gasteiger partial charge in [0.05, 0.1) is 17.9 Å². The predicted octanol–water partition coefficient (Wildman–Crippen LogP) is 2.89. The van der Waals surface area contributed by atoms with Crippen LogP contribution in [0.15, 0.2) is 42.7 Å². The molecule has 7 nitrogen and oxygen atoms in total. The summed E-state index contributed by atoms with van der Waals surface area (Å²) in [6.45, 7) is 4.37. The number of ether oxygens (including phenoxy) is 1. The molecule has 3 heterocycles. The summed E-state index contributed by atoms with van der Waals surface area (Å²) in [5.41, 5.74) is 1.63. The number of rotatable bonds is 5. The number of aryl methyl sites for hydroxylation is 1.